The lowest BCUT2D eigenvalue weighted by Crippen LogP contribution is -2.37. The number of fused-ring (bicyclic) bond motifs is 3. The quantitative estimate of drug-likeness (QED) is 0.513. The molecule has 0 saturated heterocycles. The van der Waals surface area contributed by atoms with Crippen LogP contribution in [0.1, 0.15) is 24.1 Å². The van der Waals surface area contributed by atoms with Crippen LogP contribution in [0.3, 0.4) is 0 Å². The fourth-order valence-electron chi connectivity index (χ4n) is 2.80. The summed E-state index contributed by atoms with van der Waals surface area (Å²) in [5.74, 6) is 0.660. The fraction of sp³-hybridized carbons (Fsp3) is 0.500. The lowest BCUT2D eigenvalue weighted by Gasteiger charge is -2.15. The highest BCUT2D eigenvalue weighted by atomic mass is 16.4. The number of aliphatic hydroxyl groups excluding tert-OH is 1. The molecule has 6 heteroatoms. The molecule has 1 aliphatic carbocycles. The van der Waals surface area contributed by atoms with E-state index in [0.29, 0.717) is 11.8 Å². The van der Waals surface area contributed by atoms with Crippen LogP contribution in [-0.2, 0) is 0 Å². The van der Waals surface area contributed by atoms with Gasteiger partial charge in [-0.1, -0.05) is 0 Å². The van der Waals surface area contributed by atoms with Crippen LogP contribution in [0.15, 0.2) is 16.9 Å². The average molecular weight is 221 g/mol. The standard InChI is InChI=1S/C10H12BNO4/c13-4-9-7-3-6(7)8-1-5(11(15)16)2-10(14)12(8)9/h1-2,6-7,9,13,15-16H,3-4H2/t6-,7+,9-/m1/s1. The maximum atomic E-state index is 11.8. The zero-order valence-corrected chi connectivity index (χ0v) is 8.58. The summed E-state index contributed by atoms with van der Waals surface area (Å²) in [5, 5.41) is 27.4. The van der Waals surface area contributed by atoms with Gasteiger partial charge in [-0.25, -0.2) is 0 Å². The molecule has 1 aromatic rings. The van der Waals surface area contributed by atoms with Gasteiger partial charge in [0, 0.05) is 17.7 Å². The van der Waals surface area contributed by atoms with E-state index >= 15 is 0 Å². The van der Waals surface area contributed by atoms with Crippen molar-refractivity contribution in [3.63, 3.8) is 0 Å². The predicted molar refractivity (Wildman–Crippen MR) is 57.5 cm³/mol. The van der Waals surface area contributed by atoms with E-state index in [1.807, 2.05) is 0 Å². The molecule has 3 atom stereocenters. The molecule has 0 bridgehead atoms. The summed E-state index contributed by atoms with van der Waals surface area (Å²) in [7, 11) is -1.61. The Kier molecular flexibility index (Phi) is 2.01. The van der Waals surface area contributed by atoms with Crippen molar-refractivity contribution in [3.8, 4) is 0 Å². The van der Waals surface area contributed by atoms with E-state index in [-0.39, 0.29) is 23.7 Å². The Morgan fingerprint density at radius 3 is 2.81 bits per heavy atom. The smallest absolute Gasteiger partial charge is 0.423 e. The van der Waals surface area contributed by atoms with Crippen LogP contribution < -0.4 is 11.0 Å². The third-order valence-corrected chi connectivity index (χ3v) is 3.65. The Morgan fingerprint density at radius 2 is 2.19 bits per heavy atom. The second-order valence-corrected chi connectivity index (χ2v) is 4.55. The number of aromatic nitrogens is 1. The molecule has 0 aromatic carbocycles. The van der Waals surface area contributed by atoms with E-state index in [9.17, 15) is 9.90 Å². The van der Waals surface area contributed by atoms with Gasteiger partial charge in [-0.15, -0.1) is 0 Å². The molecular weight excluding hydrogens is 209 g/mol. The predicted octanol–water partition coefficient (Wildman–Crippen LogP) is -1.82. The van der Waals surface area contributed by atoms with E-state index < -0.39 is 7.12 Å². The van der Waals surface area contributed by atoms with Crippen molar-refractivity contribution in [1.82, 2.24) is 4.57 Å². The van der Waals surface area contributed by atoms with E-state index in [1.54, 1.807) is 10.6 Å². The summed E-state index contributed by atoms with van der Waals surface area (Å²) in [4.78, 5) is 11.8. The topological polar surface area (TPSA) is 82.7 Å². The zero-order valence-electron chi connectivity index (χ0n) is 8.58. The van der Waals surface area contributed by atoms with Crippen LogP contribution in [0.25, 0.3) is 0 Å². The maximum Gasteiger partial charge on any atom is 0.488 e. The molecule has 0 amide bonds. The van der Waals surface area contributed by atoms with E-state index in [4.69, 9.17) is 10.0 Å². The highest BCUT2D eigenvalue weighted by molar-refractivity contribution is 6.58. The lowest BCUT2D eigenvalue weighted by molar-refractivity contribution is 0.217. The molecule has 1 aromatic heterocycles. The second-order valence-electron chi connectivity index (χ2n) is 4.55. The van der Waals surface area contributed by atoms with Gasteiger partial charge < -0.3 is 19.7 Å². The Labute approximate surface area is 92.1 Å². The molecule has 1 aliphatic heterocycles. The van der Waals surface area contributed by atoms with Crippen molar-refractivity contribution < 1.29 is 15.2 Å². The van der Waals surface area contributed by atoms with Gasteiger partial charge in [-0.3, -0.25) is 4.79 Å². The number of nitrogens with zero attached hydrogens (tertiary/aromatic N) is 1. The molecule has 2 aliphatic rings. The van der Waals surface area contributed by atoms with Crippen LogP contribution >= 0.6 is 0 Å². The number of hydrogen-bond donors (Lipinski definition) is 3. The summed E-state index contributed by atoms with van der Waals surface area (Å²) < 4.78 is 1.59. The number of hydrogen-bond acceptors (Lipinski definition) is 4. The first-order chi connectivity index (χ1) is 7.63. The van der Waals surface area contributed by atoms with Gasteiger partial charge in [-0.2, -0.15) is 0 Å². The van der Waals surface area contributed by atoms with Gasteiger partial charge in [0.25, 0.3) is 5.56 Å². The van der Waals surface area contributed by atoms with Gasteiger partial charge in [0.1, 0.15) is 0 Å². The normalized spacial score (nSPS) is 29.8. The summed E-state index contributed by atoms with van der Waals surface area (Å²) in [5.41, 5.74) is 0.812. The molecule has 2 heterocycles. The first-order valence-electron chi connectivity index (χ1n) is 5.37. The molecule has 16 heavy (non-hydrogen) atoms. The SMILES string of the molecule is O=c1cc(B(O)O)cc2n1[C@H](CO)[C@H]1C[C@@H]21. The molecule has 1 fully saturated rings. The molecule has 5 nitrogen and oxygen atoms in total. The maximum absolute atomic E-state index is 11.8. The van der Waals surface area contributed by atoms with Gasteiger partial charge in [-0.05, 0) is 23.9 Å². The number of pyridine rings is 1. The highest BCUT2D eigenvalue weighted by Gasteiger charge is 2.52. The summed E-state index contributed by atoms with van der Waals surface area (Å²) in [6.07, 6.45) is 0.982. The van der Waals surface area contributed by atoms with Crippen molar-refractivity contribution in [2.24, 2.45) is 5.92 Å². The van der Waals surface area contributed by atoms with E-state index in [2.05, 4.69) is 0 Å². The zero-order chi connectivity index (χ0) is 11.4. The number of aliphatic hydroxyl groups is 1. The minimum atomic E-state index is -1.61. The average Bonchev–Trinajstić information content (AvgIpc) is 2.95. The summed E-state index contributed by atoms with van der Waals surface area (Å²) in [6, 6.07) is 2.76. The third-order valence-electron chi connectivity index (χ3n) is 3.65. The van der Waals surface area contributed by atoms with Gasteiger partial charge in [0.2, 0.25) is 0 Å². The molecule has 3 N–H and O–H groups in total. The molecular formula is C10H12BNO4. The second kappa shape index (κ2) is 3.19. The van der Waals surface area contributed by atoms with Crippen LogP contribution in [0.2, 0.25) is 0 Å². The Bertz CT molecular complexity index is 498. The van der Waals surface area contributed by atoms with Gasteiger partial charge >= 0.3 is 7.12 Å². The van der Waals surface area contributed by atoms with Crippen molar-refractivity contribution in [1.29, 1.82) is 0 Å². The van der Waals surface area contributed by atoms with Crippen molar-refractivity contribution >= 4 is 12.6 Å². The molecule has 84 valence electrons. The first kappa shape index (κ1) is 10.1. The van der Waals surface area contributed by atoms with Crippen LogP contribution in [0, 0.1) is 5.92 Å². The van der Waals surface area contributed by atoms with Crippen LogP contribution in [0.5, 0.6) is 0 Å². The monoisotopic (exact) mass is 221 g/mol. The molecule has 3 rings (SSSR count). The van der Waals surface area contributed by atoms with Crippen LogP contribution in [0.4, 0.5) is 0 Å². The first-order valence-corrected chi connectivity index (χ1v) is 5.37. The van der Waals surface area contributed by atoms with Crippen molar-refractivity contribution in [2.45, 2.75) is 18.4 Å². The molecule has 0 radical (unpaired) electrons. The molecule has 1 saturated carbocycles. The fourth-order valence-corrected chi connectivity index (χ4v) is 2.80. The van der Waals surface area contributed by atoms with Crippen molar-refractivity contribution in [2.75, 3.05) is 6.61 Å². The molecule has 0 spiro atoms. The minimum Gasteiger partial charge on any atom is -0.423 e. The summed E-state index contributed by atoms with van der Waals surface area (Å²) in [6.45, 7) is -0.0326. The largest absolute Gasteiger partial charge is 0.488 e. The Morgan fingerprint density at radius 1 is 1.44 bits per heavy atom. The minimum absolute atomic E-state index is 0.0326. The number of rotatable bonds is 2. The van der Waals surface area contributed by atoms with Crippen LogP contribution in [-0.4, -0.2) is 33.4 Å². The third kappa shape index (κ3) is 1.21. The highest BCUT2D eigenvalue weighted by Crippen LogP contribution is 2.58. The van der Waals surface area contributed by atoms with E-state index in [0.717, 1.165) is 12.1 Å². The Hall–Kier alpha value is -1.11. The Balaban J connectivity index is 2.16. The molecule has 0 unspecified atom stereocenters. The van der Waals surface area contributed by atoms with Gasteiger partial charge in [0.15, 0.2) is 0 Å². The van der Waals surface area contributed by atoms with Gasteiger partial charge in [0.05, 0.1) is 12.6 Å². The summed E-state index contributed by atoms with van der Waals surface area (Å²) >= 11 is 0. The van der Waals surface area contributed by atoms with Crippen molar-refractivity contribution in [3.05, 3.63) is 28.2 Å². The van der Waals surface area contributed by atoms with E-state index in [1.165, 1.54) is 6.07 Å². The lowest BCUT2D eigenvalue weighted by atomic mass is 9.80.